The minimum absolute atomic E-state index is 0.139. The summed E-state index contributed by atoms with van der Waals surface area (Å²) in [6.07, 6.45) is 3.30. The van der Waals surface area contributed by atoms with Gasteiger partial charge in [-0.25, -0.2) is 0 Å². The molecule has 0 saturated carbocycles. The van der Waals surface area contributed by atoms with E-state index in [1.54, 1.807) is 6.08 Å². The molecule has 1 N–H and O–H groups in total. The first-order valence-electron chi connectivity index (χ1n) is 6.13. The number of ether oxygens (including phenoxy) is 2. The fourth-order valence-electron chi connectivity index (χ4n) is 2.28. The summed E-state index contributed by atoms with van der Waals surface area (Å²) in [7, 11) is 0. The van der Waals surface area contributed by atoms with Crippen molar-refractivity contribution in [1.29, 1.82) is 0 Å². The molecule has 2 heterocycles. The van der Waals surface area contributed by atoms with E-state index in [0.29, 0.717) is 39.4 Å². The van der Waals surface area contributed by atoms with E-state index in [1.165, 1.54) is 0 Å². The smallest absolute Gasteiger partial charge is 0.236 e. The van der Waals surface area contributed by atoms with Crippen LogP contribution in [0.3, 0.4) is 0 Å². The molecule has 2 rings (SSSR count). The first-order valence-corrected chi connectivity index (χ1v) is 6.13. The zero-order valence-corrected chi connectivity index (χ0v) is 10.1. The van der Waals surface area contributed by atoms with Crippen LogP contribution in [0, 0.1) is 0 Å². The Hall–Kier alpha value is -0.910. The molecule has 0 radical (unpaired) electrons. The molecule has 0 atom stereocenters. The third-order valence-corrected chi connectivity index (χ3v) is 3.26. The number of hydrogen-bond donors (Lipinski definition) is 1. The van der Waals surface area contributed by atoms with Gasteiger partial charge in [0.25, 0.3) is 0 Å². The average Bonchev–Trinajstić information content (AvgIpc) is 2.79. The highest BCUT2D eigenvalue weighted by atomic mass is 16.7. The maximum atomic E-state index is 11.8. The fourth-order valence-corrected chi connectivity index (χ4v) is 2.28. The average molecular weight is 240 g/mol. The summed E-state index contributed by atoms with van der Waals surface area (Å²) in [5, 5.41) is 3.02. The maximum Gasteiger partial charge on any atom is 0.236 e. The molecule has 0 bridgehead atoms. The predicted molar refractivity (Wildman–Crippen MR) is 63.5 cm³/mol. The molecular formula is C12H20N2O3. The van der Waals surface area contributed by atoms with Crippen molar-refractivity contribution in [3.8, 4) is 0 Å². The van der Waals surface area contributed by atoms with Gasteiger partial charge in [-0.2, -0.15) is 0 Å². The molecule has 17 heavy (non-hydrogen) atoms. The first kappa shape index (κ1) is 12.5. The van der Waals surface area contributed by atoms with E-state index in [-0.39, 0.29) is 5.91 Å². The number of nitrogens with zero attached hydrogens (tertiary/aromatic N) is 1. The largest absolute Gasteiger partial charge is 0.347 e. The molecular weight excluding hydrogens is 220 g/mol. The number of nitrogens with one attached hydrogen (secondary N) is 1. The Morgan fingerprint density at radius 1 is 1.35 bits per heavy atom. The lowest BCUT2D eigenvalue weighted by molar-refractivity contribution is -0.187. The van der Waals surface area contributed by atoms with Crippen LogP contribution in [0.25, 0.3) is 0 Å². The van der Waals surface area contributed by atoms with Gasteiger partial charge >= 0.3 is 0 Å². The lowest BCUT2D eigenvalue weighted by Gasteiger charge is -2.37. The zero-order chi connectivity index (χ0) is 12.1. The standard InChI is InChI=1S/C12H20N2O3/c1-2-5-13-10-11(15)14-6-3-12(4-7-14)16-8-9-17-12/h2,13H,1,3-10H2. The number of hydrogen-bond acceptors (Lipinski definition) is 4. The van der Waals surface area contributed by atoms with Crippen molar-refractivity contribution in [2.75, 3.05) is 39.4 Å². The van der Waals surface area contributed by atoms with Crippen molar-refractivity contribution in [3.63, 3.8) is 0 Å². The van der Waals surface area contributed by atoms with Gasteiger partial charge in [-0.3, -0.25) is 4.79 Å². The zero-order valence-electron chi connectivity index (χ0n) is 10.1. The SMILES string of the molecule is C=CCNCC(=O)N1CCC2(CC1)OCCO2. The quantitative estimate of drug-likeness (QED) is 0.560. The first-order chi connectivity index (χ1) is 8.26. The summed E-state index contributed by atoms with van der Waals surface area (Å²) in [6.45, 7) is 7.42. The number of amides is 1. The second kappa shape index (κ2) is 5.62. The van der Waals surface area contributed by atoms with Crippen LogP contribution >= 0.6 is 0 Å². The number of carbonyl (C=O) groups is 1. The Bertz CT molecular complexity index is 277. The summed E-state index contributed by atoms with van der Waals surface area (Å²) in [5.74, 6) is -0.259. The third kappa shape index (κ3) is 3.06. The molecule has 0 aromatic carbocycles. The van der Waals surface area contributed by atoms with E-state index in [4.69, 9.17) is 9.47 Å². The molecule has 96 valence electrons. The summed E-state index contributed by atoms with van der Waals surface area (Å²) >= 11 is 0. The highest BCUT2D eigenvalue weighted by Gasteiger charge is 2.40. The lowest BCUT2D eigenvalue weighted by Crippen LogP contribution is -2.49. The van der Waals surface area contributed by atoms with Crippen molar-refractivity contribution >= 4 is 5.91 Å². The molecule has 1 spiro atoms. The highest BCUT2D eigenvalue weighted by Crippen LogP contribution is 2.31. The van der Waals surface area contributed by atoms with E-state index in [9.17, 15) is 4.79 Å². The molecule has 0 aliphatic carbocycles. The van der Waals surface area contributed by atoms with Crippen molar-refractivity contribution in [1.82, 2.24) is 10.2 Å². The molecule has 2 saturated heterocycles. The third-order valence-electron chi connectivity index (χ3n) is 3.26. The van der Waals surface area contributed by atoms with Crippen LogP contribution in [0.2, 0.25) is 0 Å². The van der Waals surface area contributed by atoms with Crippen LogP contribution < -0.4 is 5.32 Å². The van der Waals surface area contributed by atoms with Crippen LogP contribution in [-0.4, -0.2) is 56.0 Å². The van der Waals surface area contributed by atoms with Crippen LogP contribution in [-0.2, 0) is 14.3 Å². The highest BCUT2D eigenvalue weighted by molar-refractivity contribution is 5.78. The summed E-state index contributed by atoms with van der Waals surface area (Å²) in [4.78, 5) is 13.7. The van der Waals surface area contributed by atoms with Gasteiger partial charge in [0.2, 0.25) is 5.91 Å². The van der Waals surface area contributed by atoms with Crippen molar-refractivity contribution in [3.05, 3.63) is 12.7 Å². The molecule has 0 aromatic rings. The molecule has 5 heteroatoms. The number of carbonyl (C=O) groups excluding carboxylic acids is 1. The predicted octanol–water partition coefficient (Wildman–Crippen LogP) is 0.128. The van der Waals surface area contributed by atoms with Crippen LogP contribution in [0.1, 0.15) is 12.8 Å². The minimum Gasteiger partial charge on any atom is -0.347 e. The van der Waals surface area contributed by atoms with E-state index in [2.05, 4.69) is 11.9 Å². The monoisotopic (exact) mass is 240 g/mol. The van der Waals surface area contributed by atoms with E-state index in [1.807, 2.05) is 4.90 Å². The molecule has 0 unspecified atom stereocenters. The number of rotatable bonds is 4. The van der Waals surface area contributed by atoms with Crippen LogP contribution in [0.4, 0.5) is 0 Å². The van der Waals surface area contributed by atoms with E-state index >= 15 is 0 Å². The van der Waals surface area contributed by atoms with E-state index < -0.39 is 5.79 Å². The maximum absolute atomic E-state index is 11.8. The molecule has 2 aliphatic heterocycles. The summed E-state index contributed by atoms with van der Waals surface area (Å²) < 4.78 is 11.2. The number of likely N-dealkylation sites (tertiary alicyclic amines) is 1. The molecule has 2 fully saturated rings. The Labute approximate surface area is 102 Å². The van der Waals surface area contributed by atoms with Gasteiger partial charge in [-0.1, -0.05) is 6.08 Å². The van der Waals surface area contributed by atoms with Gasteiger partial charge in [0.15, 0.2) is 5.79 Å². The molecule has 5 nitrogen and oxygen atoms in total. The van der Waals surface area contributed by atoms with Gasteiger partial charge in [-0.05, 0) is 0 Å². The summed E-state index contributed by atoms with van der Waals surface area (Å²) in [6, 6.07) is 0. The molecule has 0 aromatic heterocycles. The second-order valence-corrected chi connectivity index (χ2v) is 4.41. The topological polar surface area (TPSA) is 50.8 Å². The second-order valence-electron chi connectivity index (χ2n) is 4.41. The van der Waals surface area contributed by atoms with Gasteiger partial charge in [0, 0.05) is 32.5 Å². The van der Waals surface area contributed by atoms with Gasteiger partial charge in [0.1, 0.15) is 0 Å². The van der Waals surface area contributed by atoms with Gasteiger partial charge in [0.05, 0.1) is 19.8 Å². The van der Waals surface area contributed by atoms with Crippen LogP contribution in [0.15, 0.2) is 12.7 Å². The van der Waals surface area contributed by atoms with Gasteiger partial charge < -0.3 is 19.7 Å². The molecule has 2 aliphatic rings. The summed E-state index contributed by atoms with van der Waals surface area (Å²) in [5.41, 5.74) is 0. The Morgan fingerprint density at radius 3 is 2.59 bits per heavy atom. The lowest BCUT2D eigenvalue weighted by atomic mass is 10.0. The van der Waals surface area contributed by atoms with Crippen LogP contribution in [0.5, 0.6) is 0 Å². The Kier molecular flexibility index (Phi) is 4.15. The van der Waals surface area contributed by atoms with Crippen molar-refractivity contribution < 1.29 is 14.3 Å². The minimum atomic E-state index is -0.397. The van der Waals surface area contributed by atoms with Crippen molar-refractivity contribution in [2.45, 2.75) is 18.6 Å². The fraction of sp³-hybridized carbons (Fsp3) is 0.750. The van der Waals surface area contributed by atoms with Gasteiger partial charge in [-0.15, -0.1) is 6.58 Å². The van der Waals surface area contributed by atoms with E-state index in [0.717, 1.165) is 12.8 Å². The molecule has 1 amide bonds. The number of piperidine rings is 1. The van der Waals surface area contributed by atoms with Crippen molar-refractivity contribution in [2.24, 2.45) is 0 Å². The normalized spacial score (nSPS) is 22.9. The Balaban J connectivity index is 1.74. The Morgan fingerprint density at radius 2 is 2.00 bits per heavy atom.